The number of nitrogens with one attached hydrogen (secondary N) is 1. The zero-order valence-electron chi connectivity index (χ0n) is 10.4. The fraction of sp³-hybridized carbons (Fsp3) is 0.533. The summed E-state index contributed by atoms with van der Waals surface area (Å²) >= 11 is 0. The maximum absolute atomic E-state index is 12.2. The lowest BCUT2D eigenvalue weighted by atomic mass is 9.85. The van der Waals surface area contributed by atoms with Crippen LogP contribution in [0.5, 0.6) is 0 Å². The highest BCUT2D eigenvalue weighted by Gasteiger charge is 2.42. The van der Waals surface area contributed by atoms with Crippen LogP contribution in [-0.2, 0) is 4.79 Å². The predicted molar refractivity (Wildman–Crippen MR) is 70.5 cm³/mol. The SMILES string of the molecule is O=C(C1CC1)N1C[C@@H]2CNc3ccccc3[C@H]2C1. The maximum Gasteiger partial charge on any atom is 0.225 e. The number of nitrogens with zero attached hydrogens (tertiary/aromatic N) is 1. The number of rotatable bonds is 1. The highest BCUT2D eigenvalue weighted by molar-refractivity contribution is 5.81. The molecule has 2 fully saturated rings. The van der Waals surface area contributed by atoms with Crippen LogP contribution >= 0.6 is 0 Å². The van der Waals surface area contributed by atoms with Crippen LogP contribution in [0.25, 0.3) is 0 Å². The Bertz CT molecular complexity index is 495. The Balaban J connectivity index is 1.60. The van der Waals surface area contributed by atoms with E-state index in [-0.39, 0.29) is 0 Å². The topological polar surface area (TPSA) is 32.3 Å². The standard InChI is InChI=1S/C15H18N2O/c18-15(10-5-6-10)17-8-11-7-16-14-4-2-1-3-12(14)13(11)9-17/h1-4,10-11,13,16H,5-9H2/t11-,13-/m0/s1. The normalized spacial score (nSPS) is 29.4. The number of likely N-dealkylation sites (tertiary alicyclic amines) is 1. The van der Waals surface area contributed by atoms with Crippen molar-refractivity contribution in [2.24, 2.45) is 11.8 Å². The number of carbonyl (C=O) groups excluding carboxylic acids is 1. The summed E-state index contributed by atoms with van der Waals surface area (Å²) in [6, 6.07) is 8.55. The molecule has 94 valence electrons. The van der Waals surface area contributed by atoms with Crippen LogP contribution in [0.4, 0.5) is 5.69 Å². The number of benzene rings is 1. The van der Waals surface area contributed by atoms with Crippen LogP contribution in [0.2, 0.25) is 0 Å². The summed E-state index contributed by atoms with van der Waals surface area (Å²) in [5, 5.41) is 3.50. The molecule has 0 bridgehead atoms. The van der Waals surface area contributed by atoms with Gasteiger partial charge in [-0.1, -0.05) is 18.2 Å². The lowest BCUT2D eigenvalue weighted by Crippen LogP contribution is -2.30. The molecule has 1 saturated heterocycles. The molecule has 1 saturated carbocycles. The first-order valence-electron chi connectivity index (χ1n) is 6.94. The van der Waals surface area contributed by atoms with Crippen LogP contribution in [0, 0.1) is 11.8 Å². The van der Waals surface area contributed by atoms with Crippen molar-refractivity contribution >= 4 is 11.6 Å². The molecule has 3 nitrogen and oxygen atoms in total. The van der Waals surface area contributed by atoms with Gasteiger partial charge in [0.25, 0.3) is 0 Å². The van der Waals surface area contributed by atoms with Crippen molar-refractivity contribution in [3.8, 4) is 0 Å². The van der Waals surface area contributed by atoms with Crippen molar-refractivity contribution in [1.29, 1.82) is 0 Å². The Morgan fingerprint density at radius 2 is 2.06 bits per heavy atom. The first-order valence-corrected chi connectivity index (χ1v) is 6.94. The summed E-state index contributed by atoms with van der Waals surface area (Å²) in [4.78, 5) is 14.3. The van der Waals surface area contributed by atoms with Gasteiger partial charge in [-0.3, -0.25) is 4.79 Å². The summed E-state index contributed by atoms with van der Waals surface area (Å²) < 4.78 is 0. The van der Waals surface area contributed by atoms with E-state index < -0.39 is 0 Å². The highest BCUT2D eigenvalue weighted by Crippen LogP contribution is 2.42. The maximum atomic E-state index is 12.2. The van der Waals surface area contributed by atoms with Crippen molar-refractivity contribution < 1.29 is 4.79 Å². The third kappa shape index (κ3) is 1.53. The summed E-state index contributed by atoms with van der Waals surface area (Å²) in [5.41, 5.74) is 2.67. The average molecular weight is 242 g/mol. The molecule has 1 aromatic carbocycles. The van der Waals surface area contributed by atoms with Gasteiger partial charge in [0.2, 0.25) is 5.91 Å². The number of fused-ring (bicyclic) bond motifs is 3. The summed E-state index contributed by atoms with van der Waals surface area (Å²) in [5.74, 6) is 1.91. The fourth-order valence-corrected chi connectivity index (χ4v) is 3.42. The minimum absolute atomic E-state index is 0.355. The molecule has 2 aliphatic heterocycles. The molecule has 18 heavy (non-hydrogen) atoms. The lowest BCUT2D eigenvalue weighted by molar-refractivity contribution is -0.131. The number of hydrogen-bond acceptors (Lipinski definition) is 2. The second-order valence-electron chi connectivity index (χ2n) is 5.85. The van der Waals surface area contributed by atoms with Gasteiger partial charge in [-0.25, -0.2) is 0 Å². The van der Waals surface area contributed by atoms with E-state index in [1.807, 2.05) is 0 Å². The molecule has 1 N–H and O–H groups in total. The summed E-state index contributed by atoms with van der Waals surface area (Å²) in [7, 11) is 0. The molecule has 2 atom stereocenters. The molecule has 2 heterocycles. The molecule has 0 radical (unpaired) electrons. The Morgan fingerprint density at radius 3 is 2.89 bits per heavy atom. The van der Waals surface area contributed by atoms with Crippen LogP contribution in [0.15, 0.2) is 24.3 Å². The van der Waals surface area contributed by atoms with Crippen LogP contribution in [0.3, 0.4) is 0 Å². The van der Waals surface area contributed by atoms with E-state index in [4.69, 9.17) is 0 Å². The molecule has 3 aliphatic rings. The Hall–Kier alpha value is -1.51. The Kier molecular flexibility index (Phi) is 2.16. The van der Waals surface area contributed by atoms with E-state index in [1.165, 1.54) is 11.3 Å². The molecule has 3 heteroatoms. The predicted octanol–water partition coefficient (Wildman–Crippen LogP) is 2.06. The molecule has 1 amide bonds. The molecule has 1 aromatic rings. The lowest BCUT2D eigenvalue weighted by Gasteiger charge is -2.28. The smallest absolute Gasteiger partial charge is 0.225 e. The Morgan fingerprint density at radius 1 is 1.22 bits per heavy atom. The zero-order chi connectivity index (χ0) is 12.1. The Labute approximate surface area is 107 Å². The number of hydrogen-bond donors (Lipinski definition) is 1. The van der Waals surface area contributed by atoms with Gasteiger partial charge in [-0.15, -0.1) is 0 Å². The summed E-state index contributed by atoms with van der Waals surface area (Å²) in [6.07, 6.45) is 2.22. The van der Waals surface area contributed by atoms with Gasteiger partial charge in [0.1, 0.15) is 0 Å². The van der Waals surface area contributed by atoms with Gasteiger partial charge in [-0.2, -0.15) is 0 Å². The van der Waals surface area contributed by atoms with E-state index in [9.17, 15) is 4.79 Å². The number of anilines is 1. The van der Waals surface area contributed by atoms with Gasteiger partial charge < -0.3 is 10.2 Å². The molecular formula is C15H18N2O. The van der Waals surface area contributed by atoms with Crippen molar-refractivity contribution in [3.63, 3.8) is 0 Å². The van der Waals surface area contributed by atoms with E-state index in [2.05, 4.69) is 34.5 Å². The first-order chi connectivity index (χ1) is 8.83. The molecule has 1 aliphatic carbocycles. The number of amides is 1. The van der Waals surface area contributed by atoms with Gasteiger partial charge in [0, 0.05) is 43.1 Å². The van der Waals surface area contributed by atoms with Crippen molar-refractivity contribution in [3.05, 3.63) is 29.8 Å². The van der Waals surface area contributed by atoms with Gasteiger partial charge in [0.15, 0.2) is 0 Å². The number of para-hydroxylation sites is 1. The van der Waals surface area contributed by atoms with Gasteiger partial charge >= 0.3 is 0 Å². The third-order valence-corrected chi connectivity index (χ3v) is 4.59. The quantitative estimate of drug-likeness (QED) is 0.817. The minimum atomic E-state index is 0.355. The largest absolute Gasteiger partial charge is 0.384 e. The molecular weight excluding hydrogens is 224 g/mol. The molecule has 4 rings (SSSR count). The van der Waals surface area contributed by atoms with Crippen LogP contribution in [-0.4, -0.2) is 30.4 Å². The number of carbonyl (C=O) groups is 1. The van der Waals surface area contributed by atoms with E-state index in [1.54, 1.807) is 0 Å². The molecule has 0 spiro atoms. The van der Waals surface area contributed by atoms with Crippen LogP contribution in [0.1, 0.15) is 24.3 Å². The second-order valence-corrected chi connectivity index (χ2v) is 5.85. The second kappa shape index (κ2) is 3.74. The molecule has 0 aromatic heterocycles. The fourth-order valence-electron chi connectivity index (χ4n) is 3.42. The molecule has 0 unspecified atom stereocenters. The summed E-state index contributed by atoms with van der Waals surface area (Å²) in [6.45, 7) is 2.89. The van der Waals surface area contributed by atoms with Crippen LogP contribution < -0.4 is 5.32 Å². The monoisotopic (exact) mass is 242 g/mol. The van der Waals surface area contributed by atoms with Gasteiger partial charge in [0.05, 0.1) is 0 Å². The van der Waals surface area contributed by atoms with Gasteiger partial charge in [-0.05, 0) is 24.5 Å². The van der Waals surface area contributed by atoms with Crippen molar-refractivity contribution in [2.45, 2.75) is 18.8 Å². The third-order valence-electron chi connectivity index (χ3n) is 4.59. The highest BCUT2D eigenvalue weighted by atomic mass is 16.2. The van der Waals surface area contributed by atoms with E-state index in [0.717, 1.165) is 32.5 Å². The van der Waals surface area contributed by atoms with E-state index in [0.29, 0.717) is 23.7 Å². The first kappa shape index (κ1) is 10.4. The van der Waals surface area contributed by atoms with E-state index >= 15 is 0 Å². The van der Waals surface area contributed by atoms with Crippen molar-refractivity contribution in [1.82, 2.24) is 4.90 Å². The van der Waals surface area contributed by atoms with Crippen molar-refractivity contribution in [2.75, 3.05) is 25.0 Å². The minimum Gasteiger partial charge on any atom is -0.384 e. The zero-order valence-corrected chi connectivity index (χ0v) is 10.4. The average Bonchev–Trinajstić information content (AvgIpc) is 3.16.